The van der Waals surface area contributed by atoms with Crippen LogP contribution in [0.15, 0.2) is 23.3 Å². The Balaban J connectivity index is 1.48. The van der Waals surface area contributed by atoms with E-state index in [2.05, 4.69) is 10.5 Å². The molecule has 2 aromatic rings. The van der Waals surface area contributed by atoms with Crippen molar-refractivity contribution in [2.45, 2.75) is 25.7 Å². The SMILES string of the molecule is O=C(N/N=C/C1CC2CCC1C2)c1sc2cc(F)ccc2c1Cl. The van der Waals surface area contributed by atoms with Crippen molar-refractivity contribution in [1.82, 2.24) is 5.43 Å². The average molecular weight is 351 g/mol. The van der Waals surface area contributed by atoms with Gasteiger partial charge < -0.3 is 0 Å². The second-order valence-electron chi connectivity index (χ2n) is 6.44. The molecule has 1 N–H and O–H groups in total. The smallest absolute Gasteiger partial charge is 0.266 e. The third kappa shape index (κ3) is 2.76. The summed E-state index contributed by atoms with van der Waals surface area (Å²) in [5.41, 5.74) is 2.56. The van der Waals surface area contributed by atoms with Crippen LogP contribution in [0.2, 0.25) is 5.02 Å². The Labute approximate surface area is 142 Å². The first-order valence-corrected chi connectivity index (χ1v) is 9.02. The van der Waals surface area contributed by atoms with E-state index in [1.54, 1.807) is 6.07 Å². The fraction of sp³-hybridized carbons (Fsp3) is 0.412. The van der Waals surface area contributed by atoms with Crippen molar-refractivity contribution in [3.63, 3.8) is 0 Å². The van der Waals surface area contributed by atoms with Gasteiger partial charge in [0.2, 0.25) is 0 Å². The summed E-state index contributed by atoms with van der Waals surface area (Å²) >= 11 is 7.42. The van der Waals surface area contributed by atoms with Crippen LogP contribution in [0, 0.1) is 23.6 Å². The average Bonchev–Trinajstić information content (AvgIpc) is 3.22. The van der Waals surface area contributed by atoms with Gasteiger partial charge in [-0.25, -0.2) is 9.82 Å². The molecule has 3 atom stereocenters. The van der Waals surface area contributed by atoms with Crippen LogP contribution in [0.5, 0.6) is 0 Å². The number of hydrogen-bond acceptors (Lipinski definition) is 3. The zero-order valence-electron chi connectivity index (χ0n) is 12.4. The Hall–Kier alpha value is -1.46. The van der Waals surface area contributed by atoms with Gasteiger partial charge in [-0.2, -0.15) is 5.10 Å². The lowest BCUT2D eigenvalue weighted by atomic mass is 9.90. The van der Waals surface area contributed by atoms with Crippen LogP contribution in [-0.4, -0.2) is 12.1 Å². The number of nitrogens with zero attached hydrogens (tertiary/aromatic N) is 1. The number of rotatable bonds is 3. The van der Waals surface area contributed by atoms with Crippen molar-refractivity contribution in [2.75, 3.05) is 0 Å². The first kappa shape index (κ1) is 15.1. The third-order valence-electron chi connectivity index (χ3n) is 5.02. The predicted octanol–water partition coefficient (Wildman–Crippen LogP) is 4.85. The summed E-state index contributed by atoms with van der Waals surface area (Å²) < 4.78 is 13.9. The van der Waals surface area contributed by atoms with Crippen LogP contribution < -0.4 is 5.43 Å². The zero-order valence-corrected chi connectivity index (χ0v) is 14.0. The van der Waals surface area contributed by atoms with E-state index in [0.29, 0.717) is 25.9 Å². The van der Waals surface area contributed by atoms with Crippen LogP contribution in [0.4, 0.5) is 4.39 Å². The standard InChI is InChI=1S/C17H16ClFN2OS/c18-15-13-4-3-12(19)7-14(13)23-16(15)17(22)21-20-8-11-6-9-1-2-10(11)5-9/h3-4,7-11H,1-2,5-6H2,(H,21,22)/b20-8+. The molecule has 23 heavy (non-hydrogen) atoms. The van der Waals surface area contributed by atoms with E-state index in [-0.39, 0.29) is 11.7 Å². The molecule has 1 aromatic heterocycles. The van der Waals surface area contributed by atoms with Gasteiger partial charge >= 0.3 is 0 Å². The van der Waals surface area contributed by atoms with Gasteiger partial charge in [-0.1, -0.05) is 18.0 Å². The molecule has 0 saturated heterocycles. The second-order valence-corrected chi connectivity index (χ2v) is 7.87. The maximum atomic E-state index is 13.3. The second kappa shape index (κ2) is 5.87. The minimum atomic E-state index is -0.337. The van der Waals surface area contributed by atoms with Crippen molar-refractivity contribution in [3.8, 4) is 0 Å². The molecule has 2 fully saturated rings. The molecule has 2 aliphatic carbocycles. The molecule has 1 aromatic carbocycles. The minimum Gasteiger partial charge on any atom is -0.266 e. The van der Waals surface area contributed by atoms with Crippen LogP contribution in [0.1, 0.15) is 35.4 Å². The normalized spacial score (nSPS) is 26.4. The van der Waals surface area contributed by atoms with E-state index in [1.807, 2.05) is 6.21 Å². The molecule has 120 valence electrons. The molecule has 2 saturated carbocycles. The van der Waals surface area contributed by atoms with Gasteiger partial charge in [-0.3, -0.25) is 4.79 Å². The summed E-state index contributed by atoms with van der Waals surface area (Å²) in [6, 6.07) is 4.33. The van der Waals surface area contributed by atoms with Crippen molar-refractivity contribution < 1.29 is 9.18 Å². The highest BCUT2D eigenvalue weighted by molar-refractivity contribution is 7.21. The molecule has 1 amide bonds. The topological polar surface area (TPSA) is 41.5 Å². The Kier molecular flexibility index (Phi) is 3.85. The van der Waals surface area contributed by atoms with E-state index >= 15 is 0 Å². The molecule has 4 rings (SSSR count). The highest BCUT2D eigenvalue weighted by Crippen LogP contribution is 2.47. The number of halogens is 2. The Morgan fingerprint density at radius 1 is 1.39 bits per heavy atom. The number of benzene rings is 1. The van der Waals surface area contributed by atoms with E-state index < -0.39 is 0 Å². The van der Waals surface area contributed by atoms with E-state index in [1.165, 1.54) is 49.2 Å². The highest BCUT2D eigenvalue weighted by atomic mass is 35.5. The summed E-state index contributed by atoms with van der Waals surface area (Å²) in [6.45, 7) is 0. The van der Waals surface area contributed by atoms with Crippen molar-refractivity contribution in [3.05, 3.63) is 33.9 Å². The largest absolute Gasteiger partial charge is 0.282 e. The summed E-state index contributed by atoms with van der Waals surface area (Å²) in [7, 11) is 0. The molecule has 2 bridgehead atoms. The monoisotopic (exact) mass is 350 g/mol. The molecule has 0 radical (unpaired) electrons. The number of carbonyl (C=O) groups is 1. The van der Waals surface area contributed by atoms with Crippen LogP contribution in [0.25, 0.3) is 10.1 Å². The number of hydrogen-bond donors (Lipinski definition) is 1. The summed E-state index contributed by atoms with van der Waals surface area (Å²) in [5, 5.41) is 5.18. The van der Waals surface area contributed by atoms with Crippen LogP contribution >= 0.6 is 22.9 Å². The molecule has 2 aliphatic rings. The molecular weight excluding hydrogens is 335 g/mol. The lowest BCUT2D eigenvalue weighted by Crippen LogP contribution is -2.19. The van der Waals surface area contributed by atoms with Crippen molar-refractivity contribution in [2.24, 2.45) is 22.9 Å². The van der Waals surface area contributed by atoms with E-state index in [9.17, 15) is 9.18 Å². The van der Waals surface area contributed by atoms with Crippen LogP contribution in [-0.2, 0) is 0 Å². The van der Waals surface area contributed by atoms with Crippen molar-refractivity contribution in [1.29, 1.82) is 0 Å². The summed E-state index contributed by atoms with van der Waals surface area (Å²) in [6.07, 6.45) is 6.99. The van der Waals surface area contributed by atoms with Gasteiger partial charge in [0.05, 0.1) is 5.02 Å². The maximum absolute atomic E-state index is 13.3. The number of carbonyl (C=O) groups excluding carboxylic acids is 1. The fourth-order valence-electron chi connectivity index (χ4n) is 3.90. The van der Waals surface area contributed by atoms with Gasteiger partial charge in [0.1, 0.15) is 10.7 Å². The third-order valence-corrected chi connectivity index (χ3v) is 6.68. The Morgan fingerprint density at radius 3 is 3.00 bits per heavy atom. The number of hydrazone groups is 1. The van der Waals surface area contributed by atoms with Gasteiger partial charge in [0.15, 0.2) is 0 Å². The Morgan fingerprint density at radius 2 is 2.26 bits per heavy atom. The predicted molar refractivity (Wildman–Crippen MR) is 91.7 cm³/mol. The first-order valence-electron chi connectivity index (χ1n) is 7.83. The maximum Gasteiger partial charge on any atom is 0.282 e. The fourth-order valence-corrected chi connectivity index (χ4v) is 5.34. The van der Waals surface area contributed by atoms with Gasteiger partial charge in [0.25, 0.3) is 5.91 Å². The van der Waals surface area contributed by atoms with Gasteiger partial charge in [0, 0.05) is 16.3 Å². The zero-order chi connectivity index (χ0) is 16.0. The number of fused-ring (bicyclic) bond motifs is 3. The minimum absolute atomic E-state index is 0.336. The van der Waals surface area contributed by atoms with E-state index in [4.69, 9.17) is 11.6 Å². The molecule has 3 unspecified atom stereocenters. The van der Waals surface area contributed by atoms with E-state index in [0.717, 1.165) is 11.8 Å². The quantitative estimate of drug-likeness (QED) is 0.624. The summed E-state index contributed by atoms with van der Waals surface area (Å²) in [5.74, 6) is 1.39. The molecule has 3 nitrogen and oxygen atoms in total. The first-order chi connectivity index (χ1) is 11.1. The number of thiophene rings is 1. The lowest BCUT2D eigenvalue weighted by molar-refractivity contribution is 0.0959. The van der Waals surface area contributed by atoms with Crippen LogP contribution in [0.3, 0.4) is 0 Å². The molecule has 0 aliphatic heterocycles. The van der Waals surface area contributed by atoms with Gasteiger partial charge in [-0.15, -0.1) is 11.3 Å². The molecule has 0 spiro atoms. The summed E-state index contributed by atoms with van der Waals surface area (Å²) in [4.78, 5) is 12.6. The molecule has 6 heteroatoms. The Bertz CT molecular complexity index is 803. The number of nitrogens with one attached hydrogen (secondary N) is 1. The van der Waals surface area contributed by atoms with Crippen molar-refractivity contribution >= 4 is 45.1 Å². The molecule has 1 heterocycles. The molecular formula is C17H16ClFN2OS. The lowest BCUT2D eigenvalue weighted by Gasteiger charge is -2.16. The number of amides is 1. The van der Waals surface area contributed by atoms with Gasteiger partial charge in [-0.05, 0) is 55.2 Å². The highest BCUT2D eigenvalue weighted by Gasteiger charge is 2.38.